The van der Waals surface area contributed by atoms with Crippen LogP contribution in [0.15, 0.2) is 23.1 Å². The molecule has 0 aliphatic rings. The van der Waals surface area contributed by atoms with Gasteiger partial charge in [0.25, 0.3) is 10.1 Å². The molecule has 0 aromatic heterocycles. The van der Waals surface area contributed by atoms with Gasteiger partial charge in [0.15, 0.2) is 0 Å². The average molecular weight is 248 g/mol. The maximum absolute atomic E-state index is 10.8. The third kappa shape index (κ3) is 3.36. The number of rotatable bonds is 1. The van der Waals surface area contributed by atoms with E-state index in [1.165, 1.54) is 12.1 Å². The third-order valence-electron chi connectivity index (χ3n) is 1.54. The minimum absolute atomic E-state index is 0. The van der Waals surface area contributed by atoms with E-state index in [1.807, 2.05) is 0 Å². The van der Waals surface area contributed by atoms with Gasteiger partial charge >= 0.3 is 51.4 Å². The summed E-state index contributed by atoms with van der Waals surface area (Å²) in [5, 5.41) is 17.2. The second-order valence-electron chi connectivity index (χ2n) is 2.38. The summed E-state index contributed by atoms with van der Waals surface area (Å²) in [5.41, 5.74) is -0.417. The first-order valence-electron chi connectivity index (χ1n) is 3.41. The van der Waals surface area contributed by atoms with Crippen LogP contribution in [0.25, 0.3) is 0 Å². The zero-order valence-electron chi connectivity index (χ0n) is 8.80. The van der Waals surface area contributed by atoms with E-state index >= 15 is 0 Å². The molecule has 0 saturated carbocycles. The molecule has 15 heavy (non-hydrogen) atoms. The minimum Gasteiger partial charge on any atom is -1.00 e. The Morgan fingerprint density at radius 1 is 1.27 bits per heavy atom. The number of benzene rings is 1. The van der Waals surface area contributed by atoms with Gasteiger partial charge in [-0.1, -0.05) is 6.07 Å². The molecule has 0 aliphatic carbocycles. The fourth-order valence-electron chi connectivity index (χ4n) is 0.955. The number of nitriles is 2. The molecule has 1 aromatic rings. The molecule has 0 aliphatic heterocycles. The summed E-state index contributed by atoms with van der Waals surface area (Å²) in [6, 6.07) is 6.86. The number of hydrogen-bond acceptors (Lipinski definition) is 4. The Kier molecular flexibility index (Phi) is 5.63. The van der Waals surface area contributed by atoms with Gasteiger partial charge in [0.1, 0.15) is 17.0 Å². The SMILES string of the molecule is N#Cc1cccc(S(=O)(=O)O)c1C#N.[H-].[K+]. The predicted molar refractivity (Wildman–Crippen MR) is 46.8 cm³/mol. The van der Waals surface area contributed by atoms with Crippen molar-refractivity contribution in [3.8, 4) is 12.1 Å². The molecular formula is C8H5KN2O3S. The smallest absolute Gasteiger partial charge is 1.00 e. The van der Waals surface area contributed by atoms with E-state index in [-0.39, 0.29) is 63.9 Å². The molecule has 0 atom stereocenters. The molecule has 0 fully saturated rings. The summed E-state index contributed by atoms with van der Waals surface area (Å²) in [7, 11) is -4.45. The Bertz CT molecular complexity index is 560. The summed E-state index contributed by atoms with van der Waals surface area (Å²) in [6.07, 6.45) is 0. The van der Waals surface area contributed by atoms with Crippen LogP contribution in [0.4, 0.5) is 0 Å². The van der Waals surface area contributed by atoms with E-state index in [0.717, 1.165) is 6.07 Å². The molecule has 0 saturated heterocycles. The molecule has 0 amide bonds. The van der Waals surface area contributed by atoms with Crippen molar-refractivity contribution >= 4 is 10.1 Å². The molecule has 0 heterocycles. The largest absolute Gasteiger partial charge is 1.00 e. The summed E-state index contributed by atoms with van der Waals surface area (Å²) in [5.74, 6) is 0. The van der Waals surface area contributed by atoms with Gasteiger partial charge in [-0.25, -0.2) is 0 Å². The van der Waals surface area contributed by atoms with E-state index in [4.69, 9.17) is 15.1 Å². The fraction of sp³-hybridized carbons (Fsp3) is 0. The standard InChI is InChI=1S/C8H4N2O3S.K.H/c9-4-6-2-1-3-8(7(6)5-10)14(11,12)13;;/h1-3H,(H,11,12,13);;/q;+1;-1. The fourth-order valence-corrected chi connectivity index (χ4v) is 1.62. The van der Waals surface area contributed by atoms with Gasteiger partial charge < -0.3 is 1.43 Å². The van der Waals surface area contributed by atoms with Crippen LogP contribution in [0.5, 0.6) is 0 Å². The quantitative estimate of drug-likeness (QED) is 0.448. The van der Waals surface area contributed by atoms with Gasteiger partial charge in [0.2, 0.25) is 0 Å². The van der Waals surface area contributed by atoms with Gasteiger partial charge in [0, 0.05) is 0 Å². The first-order valence-corrected chi connectivity index (χ1v) is 4.85. The van der Waals surface area contributed by atoms with Crippen molar-refractivity contribution in [2.24, 2.45) is 0 Å². The van der Waals surface area contributed by atoms with Crippen molar-refractivity contribution < 1.29 is 65.8 Å². The third-order valence-corrected chi connectivity index (χ3v) is 2.43. The minimum atomic E-state index is -4.45. The molecule has 1 N–H and O–H groups in total. The Labute approximate surface area is 131 Å². The van der Waals surface area contributed by atoms with Crippen molar-refractivity contribution in [3.63, 3.8) is 0 Å². The molecule has 0 unspecified atom stereocenters. The Hall–Kier alpha value is -0.254. The predicted octanol–water partition coefficient (Wildman–Crippen LogP) is -2.21. The molecule has 5 nitrogen and oxygen atoms in total. The summed E-state index contributed by atoms with van der Waals surface area (Å²) >= 11 is 0. The molecule has 7 heteroatoms. The summed E-state index contributed by atoms with van der Waals surface area (Å²) in [4.78, 5) is -0.543. The van der Waals surface area contributed by atoms with Crippen LogP contribution in [0.3, 0.4) is 0 Å². The van der Waals surface area contributed by atoms with Crippen LogP contribution >= 0.6 is 0 Å². The molecule has 0 radical (unpaired) electrons. The van der Waals surface area contributed by atoms with Gasteiger partial charge in [0.05, 0.1) is 11.1 Å². The van der Waals surface area contributed by atoms with Crippen LogP contribution < -0.4 is 51.4 Å². The molecule has 0 bridgehead atoms. The summed E-state index contributed by atoms with van der Waals surface area (Å²) in [6.45, 7) is 0. The molecule has 72 valence electrons. The van der Waals surface area contributed by atoms with Crippen LogP contribution in [0.1, 0.15) is 12.6 Å². The molecule has 1 rings (SSSR count). The van der Waals surface area contributed by atoms with E-state index < -0.39 is 15.0 Å². The second kappa shape index (κ2) is 5.73. The Morgan fingerprint density at radius 2 is 1.87 bits per heavy atom. The molecular weight excluding hydrogens is 243 g/mol. The first kappa shape index (κ1) is 14.7. The Morgan fingerprint density at radius 3 is 2.27 bits per heavy atom. The average Bonchev–Trinajstić information content (AvgIpc) is 2.15. The van der Waals surface area contributed by atoms with E-state index in [0.29, 0.717) is 0 Å². The maximum Gasteiger partial charge on any atom is 1.00 e. The van der Waals surface area contributed by atoms with Crippen LogP contribution in [-0.2, 0) is 10.1 Å². The van der Waals surface area contributed by atoms with Crippen LogP contribution in [0.2, 0.25) is 0 Å². The number of hydrogen-bond donors (Lipinski definition) is 1. The maximum atomic E-state index is 10.8. The van der Waals surface area contributed by atoms with Gasteiger partial charge in [-0.05, 0) is 12.1 Å². The van der Waals surface area contributed by atoms with Crippen molar-refractivity contribution in [2.45, 2.75) is 4.90 Å². The van der Waals surface area contributed by atoms with Crippen molar-refractivity contribution in [3.05, 3.63) is 29.3 Å². The van der Waals surface area contributed by atoms with Gasteiger partial charge in [-0.2, -0.15) is 18.9 Å². The van der Waals surface area contributed by atoms with Crippen LogP contribution in [0, 0.1) is 22.7 Å². The first-order chi connectivity index (χ1) is 6.50. The normalized spacial score (nSPS) is 9.53. The second-order valence-corrected chi connectivity index (χ2v) is 3.77. The van der Waals surface area contributed by atoms with Gasteiger partial charge in [-0.15, -0.1) is 0 Å². The summed E-state index contributed by atoms with van der Waals surface area (Å²) < 4.78 is 30.3. The van der Waals surface area contributed by atoms with Gasteiger partial charge in [-0.3, -0.25) is 4.55 Å². The monoisotopic (exact) mass is 248 g/mol. The Balaban J connectivity index is 0. The number of nitrogens with zero attached hydrogens (tertiary/aromatic N) is 2. The zero-order chi connectivity index (χ0) is 10.8. The van der Waals surface area contributed by atoms with Crippen molar-refractivity contribution in [2.75, 3.05) is 0 Å². The van der Waals surface area contributed by atoms with E-state index in [1.54, 1.807) is 12.1 Å². The van der Waals surface area contributed by atoms with E-state index in [2.05, 4.69) is 0 Å². The molecule has 0 spiro atoms. The van der Waals surface area contributed by atoms with Crippen molar-refractivity contribution in [1.82, 2.24) is 0 Å². The topological polar surface area (TPSA) is 102 Å². The molecule has 1 aromatic carbocycles. The van der Waals surface area contributed by atoms with Crippen molar-refractivity contribution in [1.29, 1.82) is 10.5 Å². The zero-order valence-corrected chi connectivity index (χ0v) is 11.7. The van der Waals surface area contributed by atoms with Crippen LogP contribution in [-0.4, -0.2) is 13.0 Å². The van der Waals surface area contributed by atoms with E-state index in [9.17, 15) is 8.42 Å².